The van der Waals surface area contributed by atoms with Gasteiger partial charge in [-0.15, -0.1) is 5.10 Å². The lowest BCUT2D eigenvalue weighted by molar-refractivity contribution is -0.137. The molecule has 0 unspecified atom stereocenters. The van der Waals surface area contributed by atoms with E-state index in [0.29, 0.717) is 26.9 Å². The Balaban J connectivity index is 2.01. The zero-order chi connectivity index (χ0) is 19.8. The predicted octanol–water partition coefficient (Wildman–Crippen LogP) is 3.95. The zero-order valence-corrected chi connectivity index (χ0v) is 15.3. The predicted molar refractivity (Wildman–Crippen MR) is 93.0 cm³/mol. The van der Waals surface area contributed by atoms with Crippen LogP contribution in [0, 0.1) is 6.92 Å². The van der Waals surface area contributed by atoms with Gasteiger partial charge in [-0.2, -0.15) is 18.2 Å². The van der Waals surface area contributed by atoms with Gasteiger partial charge in [-0.05, 0) is 19.1 Å². The van der Waals surface area contributed by atoms with Crippen LogP contribution in [0.15, 0.2) is 30.5 Å². The minimum atomic E-state index is -4.40. The number of hydrogen-bond acceptors (Lipinski definition) is 6. The highest BCUT2D eigenvalue weighted by Gasteiger charge is 2.30. The van der Waals surface area contributed by atoms with Crippen molar-refractivity contribution in [3.05, 3.63) is 46.7 Å². The molecule has 0 saturated carbocycles. The maximum Gasteiger partial charge on any atom is 0.416 e. The molecule has 0 amide bonds. The molecule has 0 bridgehead atoms. The summed E-state index contributed by atoms with van der Waals surface area (Å²) < 4.78 is 49.3. The third-order valence-corrected chi connectivity index (χ3v) is 4.94. The van der Waals surface area contributed by atoms with Crippen LogP contribution in [0.5, 0.6) is 0 Å². The van der Waals surface area contributed by atoms with Gasteiger partial charge in [-0.3, -0.25) is 0 Å². The van der Waals surface area contributed by atoms with Crippen LogP contribution in [-0.4, -0.2) is 34.8 Å². The van der Waals surface area contributed by atoms with E-state index in [2.05, 4.69) is 10.1 Å². The number of thiazole rings is 1. The molecule has 1 aromatic carbocycles. The summed E-state index contributed by atoms with van der Waals surface area (Å²) in [7, 11) is 2.68. The molecule has 0 aliphatic heterocycles. The highest BCUT2D eigenvalue weighted by atomic mass is 32.1. The Morgan fingerprint density at radius 3 is 2.41 bits per heavy atom. The molecular formula is C17H14F3N3O3S. The Kier molecular flexibility index (Phi) is 4.92. The van der Waals surface area contributed by atoms with Crippen molar-refractivity contribution in [2.75, 3.05) is 14.2 Å². The number of alkyl halides is 3. The van der Waals surface area contributed by atoms with Gasteiger partial charge in [0.25, 0.3) is 0 Å². The summed E-state index contributed by atoms with van der Waals surface area (Å²) in [5.74, 6) is -0.271. The van der Waals surface area contributed by atoms with Gasteiger partial charge < -0.3 is 9.47 Å². The van der Waals surface area contributed by atoms with E-state index < -0.39 is 17.7 Å². The first-order chi connectivity index (χ1) is 12.8. The maximum atomic E-state index is 12.7. The number of halogens is 3. The topological polar surface area (TPSA) is 65.7 Å². The van der Waals surface area contributed by atoms with Crippen molar-refractivity contribution in [2.24, 2.45) is 0 Å². The summed E-state index contributed by atoms with van der Waals surface area (Å²) in [4.78, 5) is 17.4. The van der Waals surface area contributed by atoms with Crippen LogP contribution in [0.25, 0.3) is 21.9 Å². The number of aromatic nitrogens is 3. The second kappa shape index (κ2) is 7.03. The van der Waals surface area contributed by atoms with Crippen LogP contribution in [0.2, 0.25) is 0 Å². The van der Waals surface area contributed by atoms with E-state index in [1.54, 1.807) is 6.92 Å². The number of carbonyl (C=O) groups excluding carboxylic acids is 1. The molecule has 0 aliphatic carbocycles. The molecule has 0 fully saturated rings. The second-order valence-corrected chi connectivity index (χ2v) is 6.46. The Morgan fingerprint density at radius 1 is 1.22 bits per heavy atom. The molecule has 2 heterocycles. The van der Waals surface area contributed by atoms with Gasteiger partial charge in [0.15, 0.2) is 5.82 Å². The zero-order valence-electron chi connectivity index (χ0n) is 14.5. The first-order valence-corrected chi connectivity index (χ1v) is 8.43. The Labute approximate surface area is 155 Å². The summed E-state index contributed by atoms with van der Waals surface area (Å²) in [5.41, 5.74) is 0.582. The first-order valence-electron chi connectivity index (χ1n) is 7.61. The van der Waals surface area contributed by atoms with Crippen molar-refractivity contribution in [2.45, 2.75) is 13.1 Å². The largest absolute Gasteiger partial charge is 0.503 e. The highest BCUT2D eigenvalue weighted by molar-refractivity contribution is 7.18. The van der Waals surface area contributed by atoms with Crippen LogP contribution in [0.3, 0.4) is 0 Å². The van der Waals surface area contributed by atoms with Gasteiger partial charge in [0, 0.05) is 5.56 Å². The number of hydrogen-bond donors (Lipinski definition) is 0. The molecule has 0 atom stereocenters. The van der Waals surface area contributed by atoms with Crippen LogP contribution in [-0.2, 0) is 20.4 Å². The van der Waals surface area contributed by atoms with Gasteiger partial charge in [-0.1, -0.05) is 23.5 Å². The number of carbonyl (C=O) groups is 1. The third kappa shape index (κ3) is 3.52. The van der Waals surface area contributed by atoms with Crippen molar-refractivity contribution < 1.29 is 27.4 Å². The molecule has 3 rings (SSSR count). The molecule has 0 saturated heterocycles. The fourth-order valence-corrected chi connectivity index (χ4v) is 3.50. The smallest absolute Gasteiger partial charge is 0.416 e. The van der Waals surface area contributed by atoms with Gasteiger partial charge in [0.2, 0.25) is 4.96 Å². The lowest BCUT2D eigenvalue weighted by atomic mass is 10.1. The molecule has 3 aromatic rings. The number of esters is 1. The average molecular weight is 397 g/mol. The van der Waals surface area contributed by atoms with E-state index in [4.69, 9.17) is 9.47 Å². The van der Waals surface area contributed by atoms with Crippen LogP contribution in [0.1, 0.15) is 16.1 Å². The lowest BCUT2D eigenvalue weighted by Gasteiger charge is -2.06. The molecule has 142 valence electrons. The molecule has 0 aliphatic rings. The number of fused-ring (bicyclic) bond motifs is 1. The van der Waals surface area contributed by atoms with Crippen LogP contribution in [0.4, 0.5) is 13.2 Å². The van der Waals surface area contributed by atoms with Crippen LogP contribution < -0.4 is 0 Å². The molecule has 10 heteroatoms. The maximum absolute atomic E-state index is 12.7. The average Bonchev–Trinajstić information content (AvgIpc) is 3.18. The van der Waals surface area contributed by atoms with Gasteiger partial charge in [-0.25, -0.2) is 9.31 Å². The number of methoxy groups -OCH3 is 2. The van der Waals surface area contributed by atoms with Crippen molar-refractivity contribution in [3.8, 4) is 11.4 Å². The standard InChI is InChI=1S/C17H14F3N3O3S/c1-9-13(12(8-25-2)15(24)26-3)27-16-21-14(22-23(9)16)10-4-6-11(7-5-10)17(18,19)20/h4-8H,1-3H3. The number of nitrogens with zero attached hydrogens (tertiary/aromatic N) is 3. The Bertz CT molecular complexity index is 1020. The van der Waals surface area contributed by atoms with E-state index in [1.807, 2.05) is 0 Å². The van der Waals surface area contributed by atoms with Crippen molar-refractivity contribution >= 4 is 27.8 Å². The fourth-order valence-electron chi connectivity index (χ4n) is 2.45. The minimum Gasteiger partial charge on any atom is -0.503 e. The Morgan fingerprint density at radius 2 is 1.89 bits per heavy atom. The molecule has 0 spiro atoms. The number of benzene rings is 1. The summed E-state index contributed by atoms with van der Waals surface area (Å²) in [6.07, 6.45) is -3.12. The molecule has 2 aromatic heterocycles. The Hall–Kier alpha value is -2.88. The highest BCUT2D eigenvalue weighted by Crippen LogP contribution is 2.32. The van der Waals surface area contributed by atoms with Gasteiger partial charge in [0.1, 0.15) is 5.57 Å². The number of ether oxygens (including phenoxy) is 2. The van der Waals surface area contributed by atoms with E-state index in [0.717, 1.165) is 12.1 Å². The summed E-state index contributed by atoms with van der Waals surface area (Å²) in [6.45, 7) is 1.75. The fraction of sp³-hybridized carbons (Fsp3) is 0.235. The quantitative estimate of drug-likeness (QED) is 0.379. The van der Waals surface area contributed by atoms with Gasteiger partial charge >= 0.3 is 12.1 Å². The van der Waals surface area contributed by atoms with Crippen molar-refractivity contribution in [1.82, 2.24) is 14.6 Å². The monoisotopic (exact) mass is 397 g/mol. The summed E-state index contributed by atoms with van der Waals surface area (Å²) in [5, 5.41) is 4.34. The van der Waals surface area contributed by atoms with E-state index in [9.17, 15) is 18.0 Å². The molecule has 27 heavy (non-hydrogen) atoms. The van der Waals surface area contributed by atoms with Gasteiger partial charge in [0.05, 0.1) is 36.6 Å². The number of aryl methyl sites for hydroxylation is 1. The third-order valence-electron chi connectivity index (χ3n) is 3.77. The van der Waals surface area contributed by atoms with E-state index in [-0.39, 0.29) is 5.57 Å². The number of rotatable bonds is 4. The van der Waals surface area contributed by atoms with Crippen molar-refractivity contribution in [3.63, 3.8) is 0 Å². The normalized spacial score (nSPS) is 12.4. The lowest BCUT2D eigenvalue weighted by Crippen LogP contribution is -2.05. The van der Waals surface area contributed by atoms with E-state index >= 15 is 0 Å². The second-order valence-electron chi connectivity index (χ2n) is 5.48. The minimum absolute atomic E-state index is 0.228. The molecule has 0 N–H and O–H groups in total. The molecule has 6 nitrogen and oxygen atoms in total. The van der Waals surface area contributed by atoms with Crippen molar-refractivity contribution in [1.29, 1.82) is 0 Å². The van der Waals surface area contributed by atoms with Crippen LogP contribution >= 0.6 is 11.3 Å². The summed E-state index contributed by atoms with van der Waals surface area (Å²) in [6, 6.07) is 4.62. The SMILES string of the molecule is COC=C(C(=O)OC)c1sc2nc(-c3ccc(C(F)(F)F)cc3)nn2c1C. The summed E-state index contributed by atoms with van der Waals surface area (Å²) >= 11 is 1.20. The molecule has 0 radical (unpaired) electrons. The first kappa shape index (κ1) is 18.9. The molecular weight excluding hydrogens is 383 g/mol. The van der Waals surface area contributed by atoms with E-state index in [1.165, 1.54) is 48.5 Å².